The lowest BCUT2D eigenvalue weighted by molar-refractivity contribution is 0.0339. The number of hydrogen-bond acceptors (Lipinski definition) is 4. The molecule has 0 radical (unpaired) electrons. The highest BCUT2D eigenvalue weighted by Crippen LogP contribution is 2.49. The zero-order valence-corrected chi connectivity index (χ0v) is 19.4. The van der Waals surface area contributed by atoms with Crippen molar-refractivity contribution in [1.82, 2.24) is 29.5 Å². The molecule has 1 aromatic carbocycles. The van der Waals surface area contributed by atoms with Crippen molar-refractivity contribution in [3.63, 3.8) is 0 Å². The van der Waals surface area contributed by atoms with E-state index >= 15 is 0 Å². The number of H-pyrrole nitrogens is 1. The molecular formula is C28H28N6. The number of benzene rings is 1. The maximum absolute atomic E-state index is 5.13. The Hall–Kier alpha value is -3.54. The van der Waals surface area contributed by atoms with Crippen LogP contribution >= 0.6 is 0 Å². The number of fused-ring (bicyclic) bond motifs is 5. The predicted molar refractivity (Wildman–Crippen MR) is 134 cm³/mol. The van der Waals surface area contributed by atoms with Gasteiger partial charge >= 0.3 is 0 Å². The molecule has 170 valence electrons. The minimum atomic E-state index is 0.704. The molecule has 6 nitrogen and oxygen atoms in total. The lowest BCUT2D eigenvalue weighted by Gasteiger charge is -2.47. The Labute approximate surface area is 198 Å². The van der Waals surface area contributed by atoms with Gasteiger partial charge < -0.3 is 9.55 Å². The van der Waals surface area contributed by atoms with Gasteiger partial charge in [0.05, 0.1) is 5.52 Å². The smallest absolute Gasteiger partial charge is 0.164 e. The highest BCUT2D eigenvalue weighted by molar-refractivity contribution is 5.91. The molecule has 2 bridgehead atoms. The molecule has 3 saturated carbocycles. The van der Waals surface area contributed by atoms with Gasteiger partial charge in [-0.25, -0.2) is 19.9 Å². The van der Waals surface area contributed by atoms with E-state index in [1.807, 2.05) is 12.4 Å². The number of nitrogens with one attached hydrogen (secondary N) is 1. The van der Waals surface area contributed by atoms with Crippen molar-refractivity contribution in [2.45, 2.75) is 39.0 Å². The van der Waals surface area contributed by atoms with Crippen LogP contribution in [0, 0.1) is 23.7 Å². The summed E-state index contributed by atoms with van der Waals surface area (Å²) in [6, 6.07) is 12.8. The van der Waals surface area contributed by atoms with Crippen LogP contribution in [0.3, 0.4) is 0 Å². The van der Waals surface area contributed by atoms with Crippen LogP contribution < -0.4 is 0 Å². The van der Waals surface area contributed by atoms with Crippen molar-refractivity contribution < 1.29 is 0 Å². The van der Waals surface area contributed by atoms with E-state index in [0.717, 1.165) is 63.6 Å². The van der Waals surface area contributed by atoms with E-state index in [-0.39, 0.29) is 0 Å². The summed E-state index contributed by atoms with van der Waals surface area (Å²) < 4.78 is 2.19. The minimum absolute atomic E-state index is 0.704. The second-order valence-corrected chi connectivity index (χ2v) is 10.2. The number of nitrogens with zero attached hydrogens (tertiary/aromatic N) is 5. The maximum Gasteiger partial charge on any atom is 0.164 e. The molecule has 2 atom stereocenters. The summed E-state index contributed by atoms with van der Waals surface area (Å²) in [5.41, 5.74) is 4.05. The Morgan fingerprint density at radius 3 is 2.76 bits per heavy atom. The second-order valence-electron chi connectivity index (χ2n) is 10.2. The zero-order chi connectivity index (χ0) is 22.6. The Bertz CT molecular complexity index is 1400. The van der Waals surface area contributed by atoms with Crippen LogP contribution in [0.5, 0.6) is 0 Å². The van der Waals surface area contributed by atoms with Gasteiger partial charge in [-0.3, -0.25) is 0 Å². The third-order valence-electron chi connectivity index (χ3n) is 8.49. The summed E-state index contributed by atoms with van der Waals surface area (Å²) in [6.07, 6.45) is 14.1. The van der Waals surface area contributed by atoms with Gasteiger partial charge in [-0.15, -0.1) is 0 Å². The van der Waals surface area contributed by atoms with Crippen molar-refractivity contribution >= 4 is 21.9 Å². The number of para-hydroxylation sites is 1. The fourth-order valence-electron chi connectivity index (χ4n) is 6.63. The van der Waals surface area contributed by atoms with Crippen LogP contribution in [0.25, 0.3) is 39.1 Å². The van der Waals surface area contributed by atoms with Gasteiger partial charge in [0, 0.05) is 41.3 Å². The van der Waals surface area contributed by atoms with Crippen LogP contribution in [0.4, 0.5) is 0 Å². The molecule has 3 aliphatic rings. The molecule has 0 saturated heterocycles. The number of aromatic nitrogens is 6. The second kappa shape index (κ2) is 7.76. The molecule has 6 heteroatoms. The van der Waals surface area contributed by atoms with Gasteiger partial charge in [-0.1, -0.05) is 25.1 Å². The van der Waals surface area contributed by atoms with Gasteiger partial charge in [0.2, 0.25) is 0 Å². The maximum atomic E-state index is 5.13. The molecule has 8 rings (SSSR count). The molecule has 2 unspecified atom stereocenters. The van der Waals surface area contributed by atoms with E-state index in [2.05, 4.69) is 69.0 Å². The summed E-state index contributed by atoms with van der Waals surface area (Å²) >= 11 is 0. The molecule has 0 aliphatic heterocycles. The van der Waals surface area contributed by atoms with Crippen molar-refractivity contribution in [3.8, 4) is 17.2 Å². The Morgan fingerprint density at radius 1 is 1.03 bits per heavy atom. The first-order valence-corrected chi connectivity index (χ1v) is 12.5. The van der Waals surface area contributed by atoms with Crippen molar-refractivity contribution in [3.05, 3.63) is 67.0 Å². The Morgan fingerprint density at radius 2 is 1.88 bits per heavy atom. The topological polar surface area (TPSA) is 72.3 Å². The highest BCUT2D eigenvalue weighted by Gasteiger charge is 2.41. The van der Waals surface area contributed by atoms with E-state index in [0.29, 0.717) is 5.92 Å². The number of aromatic amines is 1. The molecule has 3 fully saturated rings. The first-order valence-electron chi connectivity index (χ1n) is 12.5. The van der Waals surface area contributed by atoms with Gasteiger partial charge in [-0.05, 0) is 73.3 Å². The van der Waals surface area contributed by atoms with Crippen molar-refractivity contribution in [2.24, 2.45) is 23.7 Å². The average Bonchev–Trinajstić information content (AvgIpc) is 3.51. The first-order chi connectivity index (χ1) is 16.7. The minimum Gasteiger partial charge on any atom is -0.345 e. The molecule has 4 heterocycles. The summed E-state index contributed by atoms with van der Waals surface area (Å²) in [4.78, 5) is 22.1. The standard InChI is InChI=1S/C28H28N6/c1-17-18-6-8-19(9-7-18)22(17)12-21-13-26(34-11-10-20-4-2-3-5-25(20)34)33-28(32-21)24-15-30-27-23(24)14-29-16-31-27/h2-5,10-11,13-19,22H,6-9,12H2,1H3,(H,29,30,31). The average molecular weight is 449 g/mol. The van der Waals surface area contributed by atoms with Crippen LogP contribution in [0.15, 0.2) is 61.3 Å². The normalized spacial score (nSPS) is 24.3. The molecule has 4 aromatic heterocycles. The molecule has 3 aliphatic carbocycles. The van der Waals surface area contributed by atoms with Gasteiger partial charge in [0.25, 0.3) is 0 Å². The lowest BCUT2D eigenvalue weighted by atomic mass is 9.58. The lowest BCUT2D eigenvalue weighted by Crippen LogP contribution is -2.39. The van der Waals surface area contributed by atoms with E-state index < -0.39 is 0 Å². The summed E-state index contributed by atoms with van der Waals surface area (Å²) in [5.74, 6) is 4.84. The SMILES string of the molecule is CC1C2CCC(CC2)C1Cc1cc(-n2ccc3ccccc32)nc(-c2c[nH]c3ncncc23)n1. The third kappa shape index (κ3) is 3.16. The molecular weight excluding hydrogens is 420 g/mol. The molecule has 1 N–H and O–H groups in total. The van der Waals surface area contributed by atoms with Crippen molar-refractivity contribution in [2.75, 3.05) is 0 Å². The van der Waals surface area contributed by atoms with Crippen molar-refractivity contribution in [1.29, 1.82) is 0 Å². The van der Waals surface area contributed by atoms with Crippen LogP contribution in [0.1, 0.15) is 38.3 Å². The van der Waals surface area contributed by atoms with E-state index in [9.17, 15) is 0 Å². The highest BCUT2D eigenvalue weighted by atomic mass is 15.1. The number of rotatable bonds is 4. The molecule has 0 amide bonds. The van der Waals surface area contributed by atoms with Crippen LogP contribution in [-0.4, -0.2) is 29.5 Å². The quantitative estimate of drug-likeness (QED) is 0.367. The van der Waals surface area contributed by atoms with Gasteiger partial charge in [0.15, 0.2) is 5.82 Å². The van der Waals surface area contributed by atoms with Crippen LogP contribution in [-0.2, 0) is 6.42 Å². The number of hydrogen-bond donors (Lipinski definition) is 1. The zero-order valence-electron chi connectivity index (χ0n) is 19.4. The van der Waals surface area contributed by atoms with E-state index in [1.165, 1.54) is 31.1 Å². The monoisotopic (exact) mass is 448 g/mol. The largest absolute Gasteiger partial charge is 0.345 e. The molecule has 0 spiro atoms. The summed E-state index contributed by atoms with van der Waals surface area (Å²) in [6.45, 7) is 2.47. The first kappa shape index (κ1) is 19.9. The Kier molecular flexibility index (Phi) is 4.54. The van der Waals surface area contributed by atoms with Gasteiger partial charge in [0.1, 0.15) is 17.8 Å². The summed E-state index contributed by atoms with van der Waals surface area (Å²) in [7, 11) is 0. The van der Waals surface area contributed by atoms with E-state index in [4.69, 9.17) is 9.97 Å². The summed E-state index contributed by atoms with van der Waals surface area (Å²) in [5, 5.41) is 2.16. The third-order valence-corrected chi connectivity index (χ3v) is 8.49. The molecule has 34 heavy (non-hydrogen) atoms. The Balaban J connectivity index is 1.37. The predicted octanol–water partition coefficient (Wildman–Crippen LogP) is 5.97. The van der Waals surface area contributed by atoms with Gasteiger partial charge in [-0.2, -0.15) is 0 Å². The van der Waals surface area contributed by atoms with Crippen LogP contribution in [0.2, 0.25) is 0 Å². The van der Waals surface area contributed by atoms with E-state index in [1.54, 1.807) is 6.33 Å². The molecule has 5 aromatic rings. The fraction of sp³-hybridized carbons (Fsp3) is 0.357. The fourth-order valence-corrected chi connectivity index (χ4v) is 6.63.